The third kappa shape index (κ3) is 2.95. The number of aryl methyl sites for hydroxylation is 1. The van der Waals surface area contributed by atoms with Crippen LogP contribution in [0.2, 0.25) is 0 Å². The van der Waals surface area contributed by atoms with Crippen molar-refractivity contribution in [2.75, 3.05) is 6.26 Å². The summed E-state index contributed by atoms with van der Waals surface area (Å²) in [5.74, 6) is 0. The molecule has 0 saturated carbocycles. The van der Waals surface area contributed by atoms with Gasteiger partial charge < -0.3 is 0 Å². The van der Waals surface area contributed by atoms with Crippen LogP contribution < -0.4 is 0 Å². The van der Waals surface area contributed by atoms with Crippen LogP contribution >= 0.6 is 39.0 Å². The van der Waals surface area contributed by atoms with Crippen LogP contribution in [0.5, 0.6) is 0 Å². The second-order valence-electron chi connectivity index (χ2n) is 3.76. The number of rotatable bonds is 4. The summed E-state index contributed by atoms with van der Waals surface area (Å²) < 4.78 is 0. The second kappa shape index (κ2) is 6.07. The maximum Gasteiger partial charge on any atom is 0.0748 e. The van der Waals surface area contributed by atoms with Crippen LogP contribution in [0.15, 0.2) is 41.3 Å². The van der Waals surface area contributed by atoms with Crippen LogP contribution in [-0.4, -0.2) is 6.26 Å². The van der Waals surface area contributed by atoms with Gasteiger partial charge in [-0.1, -0.05) is 41.1 Å². The van der Waals surface area contributed by atoms with Crippen molar-refractivity contribution in [2.24, 2.45) is 0 Å². The Morgan fingerprint density at radius 2 is 2.00 bits per heavy atom. The van der Waals surface area contributed by atoms with Gasteiger partial charge in [0.1, 0.15) is 0 Å². The Morgan fingerprint density at radius 1 is 1.24 bits per heavy atom. The van der Waals surface area contributed by atoms with Crippen molar-refractivity contribution < 1.29 is 0 Å². The van der Waals surface area contributed by atoms with Crippen molar-refractivity contribution in [3.8, 4) is 0 Å². The second-order valence-corrected chi connectivity index (χ2v) is 6.73. The van der Waals surface area contributed by atoms with Crippen LogP contribution in [0.3, 0.4) is 0 Å². The fraction of sp³-hybridized carbons (Fsp3) is 0.286. The molecule has 1 heterocycles. The average molecular weight is 327 g/mol. The standard InChI is InChI=1S/C14H15BrS2/c1-3-10-8-9-13(17-10)14(15)11-6-4-5-7-12(11)16-2/h4-9,14H,3H2,1-2H3. The monoisotopic (exact) mass is 326 g/mol. The summed E-state index contributed by atoms with van der Waals surface area (Å²) in [6.45, 7) is 2.20. The molecule has 0 bridgehead atoms. The molecule has 90 valence electrons. The lowest BCUT2D eigenvalue weighted by molar-refractivity contribution is 1.15. The first-order valence-corrected chi connectivity index (χ1v) is 8.57. The molecule has 0 spiro atoms. The van der Waals surface area contributed by atoms with Gasteiger partial charge in [-0.15, -0.1) is 23.1 Å². The van der Waals surface area contributed by atoms with Crippen LogP contribution in [-0.2, 0) is 6.42 Å². The lowest BCUT2D eigenvalue weighted by Gasteiger charge is -2.12. The molecule has 1 atom stereocenters. The van der Waals surface area contributed by atoms with E-state index >= 15 is 0 Å². The molecule has 0 radical (unpaired) electrons. The molecule has 0 saturated heterocycles. The molecular weight excluding hydrogens is 312 g/mol. The molecule has 1 aromatic carbocycles. The first-order valence-electron chi connectivity index (χ1n) is 5.61. The molecule has 0 aliphatic heterocycles. The predicted octanol–water partition coefficient (Wildman–Crippen LogP) is 5.52. The molecule has 0 fully saturated rings. The highest BCUT2D eigenvalue weighted by Gasteiger charge is 2.15. The van der Waals surface area contributed by atoms with Gasteiger partial charge in [-0.05, 0) is 36.4 Å². The Kier molecular flexibility index (Phi) is 4.71. The first-order chi connectivity index (χ1) is 8.26. The van der Waals surface area contributed by atoms with Crippen LogP contribution in [0.25, 0.3) is 0 Å². The van der Waals surface area contributed by atoms with Crippen molar-refractivity contribution in [3.63, 3.8) is 0 Å². The number of halogens is 1. The number of thioether (sulfide) groups is 1. The Hall–Kier alpha value is -0.250. The maximum absolute atomic E-state index is 3.83. The van der Waals surface area contributed by atoms with Crippen molar-refractivity contribution in [2.45, 2.75) is 23.1 Å². The largest absolute Gasteiger partial charge is 0.144 e. The van der Waals surface area contributed by atoms with Crippen LogP contribution in [0, 0.1) is 0 Å². The maximum atomic E-state index is 3.83. The summed E-state index contributed by atoms with van der Waals surface area (Å²) in [7, 11) is 0. The summed E-state index contributed by atoms with van der Waals surface area (Å²) >= 11 is 7.53. The van der Waals surface area contributed by atoms with Gasteiger partial charge in [0.05, 0.1) is 4.83 Å². The normalized spacial score (nSPS) is 12.6. The van der Waals surface area contributed by atoms with Gasteiger partial charge in [0.15, 0.2) is 0 Å². The molecule has 1 unspecified atom stereocenters. The molecular formula is C14H15BrS2. The fourth-order valence-corrected chi connectivity index (χ4v) is 4.32. The Morgan fingerprint density at radius 3 is 2.65 bits per heavy atom. The lowest BCUT2D eigenvalue weighted by atomic mass is 10.1. The molecule has 0 aliphatic rings. The van der Waals surface area contributed by atoms with E-state index in [1.54, 1.807) is 11.8 Å². The summed E-state index contributed by atoms with van der Waals surface area (Å²) in [5.41, 5.74) is 1.37. The van der Waals surface area contributed by atoms with Crippen molar-refractivity contribution in [1.82, 2.24) is 0 Å². The Balaban J connectivity index is 2.32. The van der Waals surface area contributed by atoms with Gasteiger partial charge in [0.25, 0.3) is 0 Å². The van der Waals surface area contributed by atoms with Crippen LogP contribution in [0.1, 0.15) is 27.1 Å². The number of thiophene rings is 1. The summed E-state index contributed by atoms with van der Waals surface area (Å²) in [6.07, 6.45) is 3.25. The first kappa shape index (κ1) is 13.2. The highest BCUT2D eigenvalue weighted by molar-refractivity contribution is 9.09. The minimum Gasteiger partial charge on any atom is -0.144 e. The third-order valence-corrected chi connectivity index (χ3v) is 6.09. The molecule has 0 amide bonds. The van der Waals surface area contributed by atoms with E-state index in [0.29, 0.717) is 4.83 Å². The molecule has 0 nitrogen and oxygen atoms in total. The molecule has 0 N–H and O–H groups in total. The smallest absolute Gasteiger partial charge is 0.0748 e. The van der Waals surface area contributed by atoms with Gasteiger partial charge in [0, 0.05) is 14.6 Å². The molecule has 17 heavy (non-hydrogen) atoms. The average Bonchev–Trinajstić information content (AvgIpc) is 2.86. The molecule has 2 aromatic rings. The number of alkyl halides is 1. The highest BCUT2D eigenvalue weighted by atomic mass is 79.9. The molecule has 3 heteroatoms. The zero-order valence-electron chi connectivity index (χ0n) is 9.94. The highest BCUT2D eigenvalue weighted by Crippen LogP contribution is 2.39. The molecule has 2 rings (SSSR count). The quantitative estimate of drug-likeness (QED) is 0.526. The number of benzene rings is 1. The fourth-order valence-electron chi connectivity index (χ4n) is 1.75. The zero-order chi connectivity index (χ0) is 12.3. The van der Waals surface area contributed by atoms with Crippen molar-refractivity contribution in [1.29, 1.82) is 0 Å². The zero-order valence-corrected chi connectivity index (χ0v) is 13.2. The van der Waals surface area contributed by atoms with Gasteiger partial charge in [-0.25, -0.2) is 0 Å². The summed E-state index contributed by atoms with van der Waals surface area (Å²) in [4.78, 5) is 4.51. The van der Waals surface area contributed by atoms with E-state index in [1.165, 1.54) is 20.2 Å². The van der Waals surface area contributed by atoms with Gasteiger partial charge in [0.2, 0.25) is 0 Å². The van der Waals surface area contributed by atoms with E-state index in [2.05, 4.69) is 65.5 Å². The minimum atomic E-state index is 0.316. The van der Waals surface area contributed by atoms with Gasteiger partial charge in [-0.2, -0.15) is 0 Å². The van der Waals surface area contributed by atoms with Crippen LogP contribution in [0.4, 0.5) is 0 Å². The minimum absolute atomic E-state index is 0.316. The van der Waals surface area contributed by atoms with E-state index in [1.807, 2.05) is 11.3 Å². The van der Waals surface area contributed by atoms with Gasteiger partial charge >= 0.3 is 0 Å². The Bertz CT molecular complexity index is 490. The van der Waals surface area contributed by atoms with E-state index in [0.717, 1.165) is 6.42 Å². The van der Waals surface area contributed by atoms with E-state index < -0.39 is 0 Å². The third-order valence-electron chi connectivity index (χ3n) is 2.69. The summed E-state index contributed by atoms with van der Waals surface area (Å²) in [6, 6.07) is 13.1. The van der Waals surface area contributed by atoms with E-state index in [9.17, 15) is 0 Å². The topological polar surface area (TPSA) is 0 Å². The van der Waals surface area contributed by atoms with Crippen molar-refractivity contribution in [3.05, 3.63) is 51.7 Å². The lowest BCUT2D eigenvalue weighted by Crippen LogP contribution is -1.91. The molecule has 0 aliphatic carbocycles. The van der Waals surface area contributed by atoms with E-state index in [4.69, 9.17) is 0 Å². The number of hydrogen-bond acceptors (Lipinski definition) is 2. The molecule has 1 aromatic heterocycles. The predicted molar refractivity (Wildman–Crippen MR) is 82.7 cm³/mol. The summed E-state index contributed by atoms with van der Waals surface area (Å²) in [5, 5.41) is 0. The van der Waals surface area contributed by atoms with E-state index in [-0.39, 0.29) is 0 Å². The SMILES string of the molecule is CCc1ccc(C(Br)c2ccccc2SC)s1. The van der Waals surface area contributed by atoms with Crippen molar-refractivity contribution >= 4 is 39.0 Å². The number of hydrogen-bond donors (Lipinski definition) is 0. The Labute approximate surface area is 120 Å². The van der Waals surface area contributed by atoms with Gasteiger partial charge in [-0.3, -0.25) is 0 Å².